The van der Waals surface area contributed by atoms with Crippen LogP contribution in [0.4, 0.5) is 4.39 Å². The van der Waals surface area contributed by atoms with E-state index in [-0.39, 0.29) is 18.0 Å². The molecule has 0 aromatic heterocycles. The molecule has 16 heavy (non-hydrogen) atoms. The number of ether oxygens (including phenoxy) is 1. The molecule has 88 valence electrons. The van der Waals surface area contributed by atoms with Crippen LogP contribution in [0.2, 0.25) is 0 Å². The molecule has 0 fully saturated rings. The molecule has 3 heteroatoms. The molecule has 0 saturated heterocycles. The van der Waals surface area contributed by atoms with Crippen LogP contribution in [0.15, 0.2) is 12.1 Å². The summed E-state index contributed by atoms with van der Waals surface area (Å²) in [5.41, 5.74) is 1.76. The molecule has 2 rings (SSSR count). The Bertz CT molecular complexity index is 392. The Morgan fingerprint density at radius 3 is 2.81 bits per heavy atom. The van der Waals surface area contributed by atoms with E-state index in [0.717, 1.165) is 18.4 Å². The number of nitrogens with one attached hydrogen (secondary N) is 1. The first kappa shape index (κ1) is 11.4. The van der Waals surface area contributed by atoms with Crippen LogP contribution in [0.25, 0.3) is 0 Å². The zero-order chi connectivity index (χ0) is 11.7. The highest BCUT2D eigenvalue weighted by Crippen LogP contribution is 2.39. The Balaban J connectivity index is 2.35. The summed E-state index contributed by atoms with van der Waals surface area (Å²) in [5.74, 6) is 0.506. The molecule has 1 heterocycles. The number of rotatable bonds is 3. The van der Waals surface area contributed by atoms with E-state index >= 15 is 0 Å². The molecule has 1 aromatic carbocycles. The molecule has 0 bridgehead atoms. The summed E-state index contributed by atoms with van der Waals surface area (Å²) >= 11 is 0. The van der Waals surface area contributed by atoms with E-state index in [1.807, 2.05) is 13.1 Å². The fraction of sp³-hybridized carbons (Fsp3) is 0.538. The van der Waals surface area contributed by atoms with Gasteiger partial charge in [-0.1, -0.05) is 13.3 Å². The number of fused-ring (bicyclic) bond motifs is 1. The summed E-state index contributed by atoms with van der Waals surface area (Å²) in [5, 5.41) is 3.25. The summed E-state index contributed by atoms with van der Waals surface area (Å²) in [6, 6.07) is 3.58. The van der Waals surface area contributed by atoms with Gasteiger partial charge in [-0.15, -0.1) is 0 Å². The monoisotopic (exact) mass is 223 g/mol. The second kappa shape index (κ2) is 4.42. The fourth-order valence-electron chi connectivity index (χ4n) is 2.31. The van der Waals surface area contributed by atoms with Crippen LogP contribution in [0.3, 0.4) is 0 Å². The Morgan fingerprint density at radius 2 is 2.19 bits per heavy atom. The van der Waals surface area contributed by atoms with Crippen LogP contribution in [0.1, 0.15) is 36.9 Å². The SMILES string of the molecule is CCCC1Oc2cc(F)c(C)cc2C1NC. The second-order valence-electron chi connectivity index (χ2n) is 4.35. The molecular formula is C13H18FNO. The minimum absolute atomic E-state index is 0.131. The van der Waals surface area contributed by atoms with Gasteiger partial charge in [-0.05, 0) is 32.0 Å². The number of likely N-dealkylation sites (N-methyl/N-ethyl adjacent to an activating group) is 1. The van der Waals surface area contributed by atoms with Gasteiger partial charge in [0, 0.05) is 11.6 Å². The van der Waals surface area contributed by atoms with Crippen molar-refractivity contribution in [2.45, 2.75) is 38.8 Å². The number of aryl methyl sites for hydroxylation is 1. The normalized spacial score (nSPS) is 23.0. The molecule has 1 aliphatic rings. The molecule has 0 amide bonds. The smallest absolute Gasteiger partial charge is 0.129 e. The van der Waals surface area contributed by atoms with Crippen LogP contribution < -0.4 is 10.1 Å². The lowest BCUT2D eigenvalue weighted by atomic mass is 9.99. The molecule has 2 atom stereocenters. The summed E-state index contributed by atoms with van der Waals surface area (Å²) in [6.45, 7) is 3.92. The van der Waals surface area contributed by atoms with Gasteiger partial charge in [0.15, 0.2) is 0 Å². The molecule has 0 radical (unpaired) electrons. The topological polar surface area (TPSA) is 21.3 Å². The zero-order valence-corrected chi connectivity index (χ0v) is 10.0. The third kappa shape index (κ3) is 1.80. The van der Waals surface area contributed by atoms with Crippen molar-refractivity contribution in [1.29, 1.82) is 0 Å². The predicted molar refractivity (Wildman–Crippen MR) is 62.3 cm³/mol. The quantitative estimate of drug-likeness (QED) is 0.850. The lowest BCUT2D eigenvalue weighted by Gasteiger charge is -2.17. The molecule has 1 N–H and O–H groups in total. The van der Waals surface area contributed by atoms with Gasteiger partial charge in [-0.2, -0.15) is 0 Å². The van der Waals surface area contributed by atoms with Crippen LogP contribution in [0, 0.1) is 12.7 Å². The van der Waals surface area contributed by atoms with E-state index in [0.29, 0.717) is 11.3 Å². The number of hydrogen-bond donors (Lipinski definition) is 1. The van der Waals surface area contributed by atoms with E-state index < -0.39 is 0 Å². The van der Waals surface area contributed by atoms with Gasteiger partial charge in [-0.3, -0.25) is 0 Å². The Kier molecular flexibility index (Phi) is 3.15. The maximum absolute atomic E-state index is 13.4. The van der Waals surface area contributed by atoms with Gasteiger partial charge < -0.3 is 10.1 Å². The van der Waals surface area contributed by atoms with Crippen molar-refractivity contribution in [3.05, 3.63) is 29.1 Å². The Hall–Kier alpha value is -1.09. The highest BCUT2D eigenvalue weighted by atomic mass is 19.1. The first-order chi connectivity index (χ1) is 7.67. The molecular weight excluding hydrogens is 205 g/mol. The fourth-order valence-corrected chi connectivity index (χ4v) is 2.31. The van der Waals surface area contributed by atoms with E-state index in [9.17, 15) is 4.39 Å². The third-order valence-electron chi connectivity index (χ3n) is 3.16. The predicted octanol–water partition coefficient (Wildman–Crippen LogP) is 2.96. The summed E-state index contributed by atoms with van der Waals surface area (Å²) in [6.07, 6.45) is 2.19. The highest BCUT2D eigenvalue weighted by molar-refractivity contribution is 5.43. The van der Waals surface area contributed by atoms with Crippen molar-refractivity contribution in [3.8, 4) is 5.75 Å². The maximum Gasteiger partial charge on any atom is 0.129 e. The summed E-state index contributed by atoms with van der Waals surface area (Å²) in [7, 11) is 1.92. The van der Waals surface area contributed by atoms with E-state index in [4.69, 9.17) is 4.74 Å². The molecule has 0 aliphatic carbocycles. The largest absolute Gasteiger partial charge is 0.488 e. The van der Waals surface area contributed by atoms with Crippen molar-refractivity contribution in [2.24, 2.45) is 0 Å². The lowest BCUT2D eigenvalue weighted by Crippen LogP contribution is -2.28. The van der Waals surface area contributed by atoms with Crippen molar-refractivity contribution in [1.82, 2.24) is 5.32 Å². The average molecular weight is 223 g/mol. The van der Waals surface area contributed by atoms with Crippen molar-refractivity contribution in [2.75, 3.05) is 7.05 Å². The van der Waals surface area contributed by atoms with Crippen LogP contribution in [-0.2, 0) is 0 Å². The molecule has 2 nitrogen and oxygen atoms in total. The minimum atomic E-state index is -0.189. The van der Waals surface area contributed by atoms with Gasteiger partial charge in [0.25, 0.3) is 0 Å². The maximum atomic E-state index is 13.4. The average Bonchev–Trinajstić information content (AvgIpc) is 2.56. The highest BCUT2D eigenvalue weighted by Gasteiger charge is 2.33. The van der Waals surface area contributed by atoms with Crippen molar-refractivity contribution < 1.29 is 9.13 Å². The van der Waals surface area contributed by atoms with E-state index in [1.165, 1.54) is 6.07 Å². The third-order valence-corrected chi connectivity index (χ3v) is 3.16. The van der Waals surface area contributed by atoms with Crippen molar-refractivity contribution in [3.63, 3.8) is 0 Å². The number of hydrogen-bond acceptors (Lipinski definition) is 2. The molecule has 1 aliphatic heterocycles. The standard InChI is InChI=1S/C13H18FNO/c1-4-5-11-13(15-3)9-6-8(2)10(14)7-12(9)16-11/h6-7,11,13,15H,4-5H2,1-3H3. The van der Waals surface area contributed by atoms with Crippen molar-refractivity contribution >= 4 is 0 Å². The van der Waals surface area contributed by atoms with Gasteiger partial charge in [-0.25, -0.2) is 4.39 Å². The van der Waals surface area contributed by atoms with Gasteiger partial charge >= 0.3 is 0 Å². The van der Waals surface area contributed by atoms with Crippen LogP contribution in [-0.4, -0.2) is 13.2 Å². The summed E-state index contributed by atoms with van der Waals surface area (Å²) < 4.78 is 19.2. The lowest BCUT2D eigenvalue weighted by molar-refractivity contribution is 0.182. The Labute approximate surface area is 95.8 Å². The van der Waals surface area contributed by atoms with E-state index in [1.54, 1.807) is 6.92 Å². The molecule has 2 unspecified atom stereocenters. The van der Waals surface area contributed by atoms with Crippen LogP contribution >= 0.6 is 0 Å². The molecule has 0 saturated carbocycles. The first-order valence-corrected chi connectivity index (χ1v) is 5.81. The van der Waals surface area contributed by atoms with Gasteiger partial charge in [0.1, 0.15) is 17.7 Å². The van der Waals surface area contributed by atoms with Gasteiger partial charge in [0.2, 0.25) is 0 Å². The number of halogens is 1. The molecule has 0 spiro atoms. The first-order valence-electron chi connectivity index (χ1n) is 5.81. The number of benzene rings is 1. The zero-order valence-electron chi connectivity index (χ0n) is 10.0. The van der Waals surface area contributed by atoms with E-state index in [2.05, 4.69) is 12.2 Å². The van der Waals surface area contributed by atoms with Crippen LogP contribution in [0.5, 0.6) is 5.75 Å². The minimum Gasteiger partial charge on any atom is -0.488 e. The summed E-state index contributed by atoms with van der Waals surface area (Å²) in [4.78, 5) is 0. The molecule has 1 aromatic rings. The van der Waals surface area contributed by atoms with Gasteiger partial charge in [0.05, 0.1) is 6.04 Å². The Morgan fingerprint density at radius 1 is 1.44 bits per heavy atom. The second-order valence-corrected chi connectivity index (χ2v) is 4.35.